The number of benzene rings is 2. The van der Waals surface area contributed by atoms with Crippen molar-refractivity contribution in [1.29, 1.82) is 0 Å². The van der Waals surface area contributed by atoms with Gasteiger partial charge < -0.3 is 4.18 Å². The summed E-state index contributed by atoms with van der Waals surface area (Å²) in [7, 11) is -0.759. The van der Waals surface area contributed by atoms with Crippen LogP contribution in [-0.2, 0) is 35.7 Å². The van der Waals surface area contributed by atoms with Crippen molar-refractivity contribution in [2.24, 2.45) is 0 Å². The number of hydrogen-bond donors (Lipinski definition) is 1. The lowest BCUT2D eigenvalue weighted by atomic mass is 9.92. The van der Waals surface area contributed by atoms with E-state index in [2.05, 4.69) is 13.9 Å². The van der Waals surface area contributed by atoms with Crippen molar-refractivity contribution in [3.8, 4) is 0 Å². The van der Waals surface area contributed by atoms with Crippen LogP contribution in [0.2, 0.25) is 5.02 Å². The monoisotopic (exact) mass is 552 g/mol. The molecule has 2 atom stereocenters. The molecule has 7 nitrogen and oxygen atoms in total. The first-order chi connectivity index (χ1) is 16.6. The second kappa shape index (κ2) is 12.4. The van der Waals surface area contributed by atoms with Gasteiger partial charge in [-0.2, -0.15) is 4.21 Å². The highest BCUT2D eigenvalue weighted by molar-refractivity contribution is 8.04. The molecule has 0 aliphatic heterocycles. The van der Waals surface area contributed by atoms with Gasteiger partial charge in [0.15, 0.2) is 0 Å². The molecule has 0 aliphatic rings. The Morgan fingerprint density at radius 1 is 1.14 bits per heavy atom. The molecule has 184 valence electrons. The normalized spacial score (nSPS) is 13.7. The molecule has 1 N–H and O–H groups in total. The Balaban J connectivity index is 1.81. The molecule has 2 aromatic carbocycles. The molecule has 1 aromatic heterocycles. The van der Waals surface area contributed by atoms with E-state index in [9.17, 15) is 17.4 Å². The summed E-state index contributed by atoms with van der Waals surface area (Å²) in [5.41, 5.74) is 2.80. The van der Waals surface area contributed by atoms with Crippen molar-refractivity contribution in [2.45, 2.75) is 24.2 Å². The quantitative estimate of drug-likeness (QED) is 0.286. The van der Waals surface area contributed by atoms with Crippen molar-refractivity contribution in [3.63, 3.8) is 0 Å². The Labute approximate surface area is 216 Å². The lowest BCUT2D eigenvalue weighted by molar-refractivity contribution is -0.128. The van der Waals surface area contributed by atoms with E-state index in [-0.39, 0.29) is 22.9 Å². The van der Waals surface area contributed by atoms with Crippen LogP contribution in [0.4, 0.5) is 0 Å². The van der Waals surface area contributed by atoms with E-state index in [1.807, 2.05) is 24.3 Å². The predicted octanol–water partition coefficient (Wildman–Crippen LogP) is 4.80. The van der Waals surface area contributed by atoms with Crippen LogP contribution in [-0.4, -0.2) is 30.1 Å². The molecule has 1 heterocycles. The number of pyridine rings is 1. The molecule has 2 unspecified atom stereocenters. The van der Waals surface area contributed by atoms with Crippen LogP contribution in [0.1, 0.15) is 29.5 Å². The van der Waals surface area contributed by atoms with Crippen LogP contribution >= 0.6 is 22.3 Å². The van der Waals surface area contributed by atoms with Gasteiger partial charge in [-0.05, 0) is 66.4 Å². The zero-order valence-electron chi connectivity index (χ0n) is 18.6. The Kier molecular flexibility index (Phi) is 9.59. The van der Waals surface area contributed by atoms with Gasteiger partial charge in [-0.15, -0.1) is 0 Å². The maximum Gasteiger partial charge on any atom is 0.348 e. The highest BCUT2D eigenvalue weighted by Crippen LogP contribution is 2.23. The first-order valence-electron chi connectivity index (χ1n) is 10.4. The lowest BCUT2D eigenvalue weighted by Crippen LogP contribution is -2.29. The number of sulfonamides is 1. The fourth-order valence-corrected chi connectivity index (χ4v) is 4.95. The van der Waals surface area contributed by atoms with Gasteiger partial charge in [0.05, 0.1) is 4.90 Å². The predicted molar refractivity (Wildman–Crippen MR) is 138 cm³/mol. The number of halogens is 2. The number of rotatable bonds is 10. The topological polar surface area (TPSA) is 102 Å². The molecule has 3 rings (SSSR count). The summed E-state index contributed by atoms with van der Waals surface area (Å²) in [4.78, 5) is 16.1. The van der Waals surface area contributed by atoms with Crippen LogP contribution in [0.15, 0.2) is 83.5 Å². The summed E-state index contributed by atoms with van der Waals surface area (Å²) >= 11 is 5.87. The highest BCUT2D eigenvalue weighted by Gasteiger charge is 2.19. The molecule has 0 fully saturated rings. The Morgan fingerprint density at radius 3 is 2.43 bits per heavy atom. The zero-order valence-corrected chi connectivity index (χ0v) is 21.7. The molecule has 0 amide bonds. The number of hydrogen-bond acceptors (Lipinski definition) is 6. The second-order valence-electron chi connectivity index (χ2n) is 7.63. The minimum atomic E-state index is -3.74. The van der Waals surface area contributed by atoms with Crippen LogP contribution in [0.5, 0.6) is 0 Å². The van der Waals surface area contributed by atoms with E-state index in [4.69, 9.17) is 22.3 Å². The molecule has 35 heavy (non-hydrogen) atoms. The summed E-state index contributed by atoms with van der Waals surface area (Å²) in [6, 6.07) is 17.0. The molecular weight excluding hydrogens is 531 g/mol. The highest BCUT2D eigenvalue weighted by atomic mass is 35.7. The van der Waals surface area contributed by atoms with E-state index in [0.29, 0.717) is 17.0 Å². The number of carbonyl (C=O) groups is 1. The average molecular weight is 553 g/mol. The van der Waals surface area contributed by atoms with Crippen molar-refractivity contribution in [3.05, 3.63) is 100 Å². The lowest BCUT2D eigenvalue weighted by Gasteiger charge is -2.19. The fourth-order valence-electron chi connectivity index (χ4n) is 3.32. The van der Waals surface area contributed by atoms with Gasteiger partial charge in [0.2, 0.25) is 10.0 Å². The summed E-state index contributed by atoms with van der Waals surface area (Å²) in [6.07, 6.45) is 5.55. The third-order valence-corrected chi connectivity index (χ3v) is 7.27. The van der Waals surface area contributed by atoms with E-state index >= 15 is 0 Å². The molecular formula is C24H22Cl2N2O5S2. The molecule has 0 radical (unpaired) electrons. The van der Waals surface area contributed by atoms with Crippen molar-refractivity contribution in [1.82, 2.24) is 9.71 Å². The average Bonchev–Trinajstić information content (AvgIpc) is 2.83. The summed E-state index contributed by atoms with van der Waals surface area (Å²) in [5, 5.41) is 0.451. The van der Waals surface area contributed by atoms with E-state index in [0.717, 1.165) is 11.1 Å². The molecule has 0 saturated heterocycles. The summed E-state index contributed by atoms with van der Waals surface area (Å²) < 4.78 is 43.6. The summed E-state index contributed by atoms with van der Waals surface area (Å²) in [6.45, 7) is 1.68. The van der Waals surface area contributed by atoms with Crippen molar-refractivity contribution in [2.75, 3.05) is 6.54 Å². The minimum Gasteiger partial charge on any atom is -0.348 e. The van der Waals surface area contributed by atoms with Crippen LogP contribution in [0, 0.1) is 0 Å². The van der Waals surface area contributed by atoms with E-state index in [1.165, 1.54) is 31.2 Å². The molecule has 0 bridgehead atoms. The second-order valence-corrected chi connectivity index (χ2v) is 11.1. The van der Waals surface area contributed by atoms with Gasteiger partial charge in [-0.1, -0.05) is 41.9 Å². The van der Waals surface area contributed by atoms with Gasteiger partial charge in [-0.3, -0.25) is 4.98 Å². The SMILES string of the molecule is C/C(=C\c1ccc(C(CNS(=O)(=O)c2ccc(Cl)cc2)Cc2cccnc2)cc1)C(=O)OS(=O)Cl. The number of aromatic nitrogens is 1. The first kappa shape index (κ1) is 27.0. The smallest absolute Gasteiger partial charge is 0.348 e. The van der Waals surface area contributed by atoms with E-state index < -0.39 is 26.3 Å². The van der Waals surface area contributed by atoms with Crippen molar-refractivity contribution >= 4 is 54.6 Å². The molecule has 0 spiro atoms. The van der Waals surface area contributed by atoms with Gasteiger partial charge in [0.1, 0.15) is 0 Å². The Morgan fingerprint density at radius 2 is 1.83 bits per heavy atom. The Hall–Kier alpha value is -2.56. The van der Waals surface area contributed by atoms with Gasteiger partial charge in [-0.25, -0.2) is 17.9 Å². The molecule has 3 aromatic rings. The minimum absolute atomic E-state index is 0.128. The third-order valence-electron chi connectivity index (χ3n) is 5.10. The maximum atomic E-state index is 12.8. The zero-order chi connectivity index (χ0) is 25.4. The van der Waals surface area contributed by atoms with Gasteiger partial charge in [0, 0.05) is 46.1 Å². The first-order valence-corrected chi connectivity index (χ1v) is 14.1. The molecule has 11 heteroatoms. The van der Waals surface area contributed by atoms with E-state index in [1.54, 1.807) is 30.6 Å². The van der Waals surface area contributed by atoms with Gasteiger partial charge >= 0.3 is 16.3 Å². The maximum absolute atomic E-state index is 12.8. The largest absolute Gasteiger partial charge is 0.348 e. The molecule has 0 saturated carbocycles. The number of nitrogens with one attached hydrogen (secondary N) is 1. The van der Waals surface area contributed by atoms with Crippen LogP contribution in [0.25, 0.3) is 6.08 Å². The van der Waals surface area contributed by atoms with Crippen molar-refractivity contribution < 1.29 is 21.6 Å². The van der Waals surface area contributed by atoms with Crippen LogP contribution < -0.4 is 4.72 Å². The summed E-state index contributed by atoms with van der Waals surface area (Å²) in [5.74, 6) is -0.975. The fraction of sp³-hybridized carbons (Fsp3) is 0.167. The standard InChI is InChI=1S/C24H22Cl2N2O5S2/c1-17(24(29)33-34(26)30)13-18-4-6-20(7-5-18)21(14-19-3-2-12-27-15-19)16-28-35(31,32)23-10-8-22(25)9-11-23/h2-13,15,21,28H,14,16H2,1H3/b17-13+. The van der Waals surface area contributed by atoms with Crippen LogP contribution in [0.3, 0.4) is 0 Å². The molecule has 0 aliphatic carbocycles. The number of nitrogens with zero attached hydrogens (tertiary/aromatic N) is 1. The number of carbonyl (C=O) groups excluding carboxylic acids is 1. The van der Waals surface area contributed by atoms with Gasteiger partial charge in [0.25, 0.3) is 0 Å². The Bertz CT molecular complexity index is 1310. The third kappa shape index (κ3) is 8.26.